The van der Waals surface area contributed by atoms with Crippen LogP contribution < -0.4 is 16.6 Å². The molecule has 1 amide bonds. The van der Waals surface area contributed by atoms with Gasteiger partial charge in [0.05, 0.1) is 11.0 Å². The molecule has 0 saturated carbocycles. The zero-order chi connectivity index (χ0) is 26.6. The number of carbonyl (C=O) groups excluding carboxylic acids is 1. The number of nitrogen functional groups attached to an aromatic ring is 1. The molecule has 36 heavy (non-hydrogen) atoms. The minimum Gasteiger partial charge on any atom is -0.369 e. The fourth-order valence-electron chi connectivity index (χ4n) is 3.52. The van der Waals surface area contributed by atoms with Crippen LogP contribution in [0.2, 0.25) is 0 Å². The van der Waals surface area contributed by atoms with Gasteiger partial charge in [0.25, 0.3) is 5.56 Å². The van der Waals surface area contributed by atoms with Gasteiger partial charge in [0.1, 0.15) is 0 Å². The Bertz CT molecular complexity index is 1270. The Hall–Kier alpha value is -3.06. The smallest absolute Gasteiger partial charge is 0.369 e. The lowest BCUT2D eigenvalue weighted by atomic mass is 10.0. The van der Waals surface area contributed by atoms with Crippen molar-refractivity contribution in [3.05, 3.63) is 87.3 Å². The highest BCUT2D eigenvalue weighted by atomic mass is 79.9. The second kappa shape index (κ2) is 14.5. The monoisotopic (exact) mass is 580 g/mol. The number of aromatic amines is 1. The minimum absolute atomic E-state index is 0.0900. The van der Waals surface area contributed by atoms with E-state index in [1.807, 2.05) is 42.5 Å². The number of carbonyl (C=O) groups is 1. The van der Waals surface area contributed by atoms with Gasteiger partial charge in [-0.1, -0.05) is 58.4 Å². The molecule has 0 aliphatic carbocycles. The summed E-state index contributed by atoms with van der Waals surface area (Å²) in [4.78, 5) is 31.0. The van der Waals surface area contributed by atoms with Crippen molar-refractivity contribution in [2.24, 2.45) is 0 Å². The van der Waals surface area contributed by atoms with Gasteiger partial charge in [-0.25, -0.2) is 4.98 Å². The maximum absolute atomic E-state index is 12.5. The van der Waals surface area contributed by atoms with E-state index in [0.717, 1.165) is 48.2 Å². The van der Waals surface area contributed by atoms with Gasteiger partial charge in [-0.05, 0) is 61.8 Å². The summed E-state index contributed by atoms with van der Waals surface area (Å²) < 4.78 is 31.6. The number of nitrogens with zero attached hydrogens (tertiary/aromatic N) is 1. The molecule has 6 N–H and O–H groups in total. The Morgan fingerprint density at radius 2 is 1.53 bits per heavy atom. The van der Waals surface area contributed by atoms with E-state index in [1.165, 1.54) is 5.56 Å². The number of amides is 1. The van der Waals surface area contributed by atoms with Crippen molar-refractivity contribution in [1.29, 1.82) is 0 Å². The van der Waals surface area contributed by atoms with Crippen LogP contribution in [0.25, 0.3) is 0 Å². The van der Waals surface area contributed by atoms with Gasteiger partial charge in [0.2, 0.25) is 11.9 Å². The fourth-order valence-corrected chi connectivity index (χ4v) is 3.66. The van der Waals surface area contributed by atoms with E-state index in [-0.39, 0.29) is 22.7 Å². The summed E-state index contributed by atoms with van der Waals surface area (Å²) in [5.41, 5.74) is 10.3. The zero-order valence-electron chi connectivity index (χ0n) is 19.5. The molecular formula is C24H29BrN4O6S. The molecule has 0 unspecified atom stereocenters. The summed E-state index contributed by atoms with van der Waals surface area (Å²) in [6.07, 6.45) is 4.97. The highest BCUT2D eigenvalue weighted by molar-refractivity contribution is 9.09. The van der Waals surface area contributed by atoms with Gasteiger partial charge in [-0.15, -0.1) is 0 Å². The van der Waals surface area contributed by atoms with Crippen molar-refractivity contribution in [1.82, 2.24) is 9.97 Å². The van der Waals surface area contributed by atoms with Gasteiger partial charge in [0.15, 0.2) is 0 Å². The van der Waals surface area contributed by atoms with Crippen LogP contribution in [0.1, 0.15) is 35.2 Å². The molecule has 0 saturated heterocycles. The van der Waals surface area contributed by atoms with Crippen LogP contribution >= 0.6 is 15.9 Å². The molecular weight excluding hydrogens is 552 g/mol. The van der Waals surface area contributed by atoms with Gasteiger partial charge in [0, 0.05) is 11.3 Å². The predicted octanol–water partition coefficient (Wildman–Crippen LogP) is 3.38. The highest BCUT2D eigenvalue weighted by Crippen LogP contribution is 2.15. The Labute approximate surface area is 218 Å². The van der Waals surface area contributed by atoms with Crippen molar-refractivity contribution < 1.29 is 22.3 Å². The lowest BCUT2D eigenvalue weighted by Gasteiger charge is -2.10. The van der Waals surface area contributed by atoms with Crippen LogP contribution in [0.3, 0.4) is 0 Å². The SMILES string of the molecule is Nc1nc(CCc2ccc(NC(=O)CBr)cc2)c(CCCCc2ccccc2)c(=O)[nH]1.O=S(=O)(O)O. The number of benzene rings is 2. The summed E-state index contributed by atoms with van der Waals surface area (Å²) in [5.74, 6) is 0.0636. The lowest BCUT2D eigenvalue weighted by molar-refractivity contribution is -0.113. The molecule has 0 atom stereocenters. The van der Waals surface area contributed by atoms with Gasteiger partial charge < -0.3 is 11.1 Å². The molecule has 0 aliphatic rings. The summed E-state index contributed by atoms with van der Waals surface area (Å²) in [7, 11) is -4.67. The number of H-pyrrole nitrogens is 1. The molecule has 0 fully saturated rings. The number of alkyl halides is 1. The number of aryl methyl sites for hydroxylation is 3. The third kappa shape index (κ3) is 11.6. The molecule has 3 rings (SSSR count). The number of hydrogen-bond donors (Lipinski definition) is 5. The van der Waals surface area contributed by atoms with Crippen LogP contribution in [-0.2, 0) is 40.9 Å². The highest BCUT2D eigenvalue weighted by Gasteiger charge is 2.11. The average Bonchev–Trinajstić information content (AvgIpc) is 2.82. The van der Waals surface area contributed by atoms with Gasteiger partial charge in [-0.2, -0.15) is 8.42 Å². The third-order valence-electron chi connectivity index (χ3n) is 5.11. The van der Waals surface area contributed by atoms with Crippen LogP contribution in [0.15, 0.2) is 59.4 Å². The first-order valence-electron chi connectivity index (χ1n) is 11.1. The van der Waals surface area contributed by atoms with Crippen molar-refractivity contribution >= 4 is 43.9 Å². The standard InChI is InChI=1S/C24H27BrN4O2.H2O4S/c25-16-22(30)27-19-13-10-18(11-14-19)12-15-21-20(23(31)29-24(26)28-21)9-5-4-8-17-6-2-1-3-7-17;1-5(2,3)4/h1-3,6-7,10-11,13-14H,4-5,8-9,12,15-16H2,(H,27,30)(H3,26,28,29,31);(H2,1,2,3,4). The van der Waals surface area contributed by atoms with E-state index in [0.29, 0.717) is 12.8 Å². The summed E-state index contributed by atoms with van der Waals surface area (Å²) in [6.45, 7) is 0. The molecule has 0 aliphatic heterocycles. The molecule has 0 bridgehead atoms. The van der Waals surface area contributed by atoms with E-state index < -0.39 is 10.4 Å². The molecule has 0 spiro atoms. The van der Waals surface area contributed by atoms with Crippen molar-refractivity contribution in [2.75, 3.05) is 16.4 Å². The number of halogens is 1. The summed E-state index contributed by atoms with van der Waals surface area (Å²) in [6, 6.07) is 18.1. The van der Waals surface area contributed by atoms with E-state index in [1.54, 1.807) is 0 Å². The van der Waals surface area contributed by atoms with Crippen molar-refractivity contribution in [2.45, 2.75) is 38.5 Å². The maximum Gasteiger partial charge on any atom is 0.394 e. The van der Waals surface area contributed by atoms with Crippen LogP contribution in [0.5, 0.6) is 0 Å². The first-order chi connectivity index (χ1) is 17.0. The normalized spacial score (nSPS) is 10.9. The van der Waals surface area contributed by atoms with E-state index in [4.69, 9.17) is 23.3 Å². The number of nitrogens with one attached hydrogen (secondary N) is 2. The van der Waals surface area contributed by atoms with Crippen LogP contribution in [0, 0.1) is 0 Å². The molecule has 3 aromatic rings. The predicted molar refractivity (Wildman–Crippen MR) is 143 cm³/mol. The first-order valence-corrected chi connectivity index (χ1v) is 13.6. The summed E-state index contributed by atoms with van der Waals surface area (Å²) >= 11 is 3.13. The van der Waals surface area contributed by atoms with E-state index >= 15 is 0 Å². The van der Waals surface area contributed by atoms with Gasteiger partial charge >= 0.3 is 10.4 Å². The van der Waals surface area contributed by atoms with Crippen LogP contribution in [0.4, 0.5) is 11.6 Å². The lowest BCUT2D eigenvalue weighted by Crippen LogP contribution is -2.20. The molecule has 10 nitrogen and oxygen atoms in total. The van der Waals surface area contributed by atoms with Crippen molar-refractivity contribution in [3.8, 4) is 0 Å². The first kappa shape index (κ1) is 29.2. The summed E-state index contributed by atoms with van der Waals surface area (Å²) in [5, 5.41) is 3.06. The molecule has 1 aromatic heterocycles. The second-order valence-corrected chi connectivity index (χ2v) is 9.35. The number of unbranched alkanes of at least 4 members (excludes halogenated alkanes) is 1. The van der Waals surface area contributed by atoms with E-state index in [2.05, 4.69) is 43.3 Å². The molecule has 1 heterocycles. The Morgan fingerprint density at radius 3 is 2.14 bits per heavy atom. The molecule has 12 heteroatoms. The molecule has 194 valence electrons. The fraction of sp³-hybridized carbons (Fsp3) is 0.292. The zero-order valence-corrected chi connectivity index (χ0v) is 21.9. The number of rotatable bonds is 10. The Morgan fingerprint density at radius 1 is 0.944 bits per heavy atom. The topological polar surface area (TPSA) is 175 Å². The average molecular weight is 581 g/mol. The third-order valence-corrected chi connectivity index (χ3v) is 5.62. The number of nitrogens with two attached hydrogens (primary N) is 1. The van der Waals surface area contributed by atoms with E-state index in [9.17, 15) is 9.59 Å². The Balaban J connectivity index is 0.000000830. The minimum atomic E-state index is -4.67. The maximum atomic E-state index is 12.5. The largest absolute Gasteiger partial charge is 0.394 e. The van der Waals surface area contributed by atoms with Crippen molar-refractivity contribution in [3.63, 3.8) is 0 Å². The number of aromatic nitrogens is 2. The quantitative estimate of drug-likeness (QED) is 0.138. The number of hydrogen-bond acceptors (Lipinski definition) is 6. The number of anilines is 2. The molecule has 2 aromatic carbocycles. The Kier molecular flexibility index (Phi) is 11.7. The van der Waals surface area contributed by atoms with Gasteiger partial charge in [-0.3, -0.25) is 23.7 Å². The second-order valence-electron chi connectivity index (χ2n) is 7.90. The van der Waals surface area contributed by atoms with Crippen LogP contribution in [-0.4, -0.2) is 38.7 Å². The molecule has 0 radical (unpaired) electrons.